The van der Waals surface area contributed by atoms with Gasteiger partial charge in [0, 0.05) is 24.0 Å². The molecule has 0 radical (unpaired) electrons. The summed E-state index contributed by atoms with van der Waals surface area (Å²) in [5, 5.41) is 13.0. The van der Waals surface area contributed by atoms with Crippen LogP contribution in [0.5, 0.6) is 0 Å². The number of halogens is 2. The number of hydrogen-bond acceptors (Lipinski definition) is 5. The van der Waals surface area contributed by atoms with Crippen molar-refractivity contribution in [3.8, 4) is 17.3 Å². The molecule has 1 aliphatic carbocycles. The Balaban J connectivity index is 2.11. The maximum absolute atomic E-state index is 9.23. The highest BCUT2D eigenvalue weighted by molar-refractivity contribution is 6.31. The van der Waals surface area contributed by atoms with Gasteiger partial charge in [-0.15, -0.1) is 0 Å². The minimum atomic E-state index is 0.126. The van der Waals surface area contributed by atoms with E-state index in [0.717, 1.165) is 12.8 Å². The van der Waals surface area contributed by atoms with E-state index in [1.165, 1.54) is 6.20 Å². The van der Waals surface area contributed by atoms with Crippen molar-refractivity contribution in [1.29, 1.82) is 5.26 Å². The average molecular weight is 306 g/mol. The summed E-state index contributed by atoms with van der Waals surface area (Å²) in [6.45, 7) is 0. The monoisotopic (exact) mass is 305 g/mol. The average Bonchev–Trinajstić information content (AvgIpc) is 3.22. The Labute approximate surface area is 125 Å². The Bertz CT molecular complexity index is 706. The van der Waals surface area contributed by atoms with E-state index < -0.39 is 0 Å². The Morgan fingerprint density at radius 2 is 2.05 bits per heavy atom. The van der Waals surface area contributed by atoms with E-state index in [1.54, 1.807) is 12.3 Å². The molecule has 0 atom stereocenters. The highest BCUT2D eigenvalue weighted by atomic mass is 35.5. The minimum Gasteiger partial charge on any atom is -0.351 e. The van der Waals surface area contributed by atoms with Gasteiger partial charge in [-0.1, -0.05) is 23.2 Å². The second-order valence-electron chi connectivity index (χ2n) is 4.48. The van der Waals surface area contributed by atoms with Gasteiger partial charge < -0.3 is 5.32 Å². The molecule has 0 aliphatic heterocycles. The van der Waals surface area contributed by atoms with Gasteiger partial charge >= 0.3 is 0 Å². The fourth-order valence-corrected chi connectivity index (χ4v) is 2.14. The SMILES string of the molecule is N#Cc1c(Cl)nc(NC2CC2)nc1-c1cncc(Cl)c1. The molecular weight excluding hydrogens is 297 g/mol. The van der Waals surface area contributed by atoms with Crippen molar-refractivity contribution in [3.63, 3.8) is 0 Å². The lowest BCUT2D eigenvalue weighted by Gasteiger charge is -2.09. The largest absolute Gasteiger partial charge is 0.351 e. The third kappa shape index (κ3) is 2.67. The molecule has 0 amide bonds. The molecular formula is C13H9Cl2N5. The van der Waals surface area contributed by atoms with Crippen LogP contribution in [0.3, 0.4) is 0 Å². The molecule has 0 unspecified atom stereocenters. The predicted octanol–water partition coefficient (Wildman–Crippen LogP) is 3.29. The van der Waals surface area contributed by atoms with Crippen LogP contribution in [0.1, 0.15) is 18.4 Å². The van der Waals surface area contributed by atoms with E-state index in [-0.39, 0.29) is 10.7 Å². The molecule has 1 aliphatic rings. The molecule has 2 aromatic rings. The maximum atomic E-state index is 9.23. The fourth-order valence-electron chi connectivity index (χ4n) is 1.76. The standard InChI is InChI=1S/C13H9Cl2N5/c14-8-3-7(5-17-6-8)11-10(4-16)12(15)20-13(19-11)18-9-1-2-9/h3,5-6,9H,1-2H2,(H,18,19,20). The second-order valence-corrected chi connectivity index (χ2v) is 5.28. The summed E-state index contributed by atoms with van der Waals surface area (Å²) >= 11 is 12.0. The van der Waals surface area contributed by atoms with Gasteiger partial charge in [-0.3, -0.25) is 4.98 Å². The van der Waals surface area contributed by atoms with Crippen molar-refractivity contribution in [2.24, 2.45) is 0 Å². The third-order valence-corrected chi connectivity index (χ3v) is 3.35. The molecule has 100 valence electrons. The lowest BCUT2D eigenvalue weighted by atomic mass is 10.1. The first kappa shape index (κ1) is 13.1. The number of hydrogen-bond donors (Lipinski definition) is 1. The molecule has 3 rings (SSSR count). The summed E-state index contributed by atoms with van der Waals surface area (Å²) in [5.41, 5.74) is 1.29. The van der Waals surface area contributed by atoms with Gasteiger partial charge in [0.25, 0.3) is 0 Å². The molecule has 1 N–H and O–H groups in total. The molecule has 0 bridgehead atoms. The van der Waals surface area contributed by atoms with E-state index >= 15 is 0 Å². The molecule has 1 fully saturated rings. The van der Waals surface area contributed by atoms with Gasteiger partial charge in [-0.05, 0) is 18.9 Å². The van der Waals surface area contributed by atoms with Crippen molar-refractivity contribution in [2.45, 2.75) is 18.9 Å². The van der Waals surface area contributed by atoms with Crippen molar-refractivity contribution in [1.82, 2.24) is 15.0 Å². The molecule has 0 saturated heterocycles. The zero-order chi connectivity index (χ0) is 14.1. The summed E-state index contributed by atoms with van der Waals surface area (Å²) in [6, 6.07) is 4.10. The quantitative estimate of drug-likeness (QED) is 0.881. The summed E-state index contributed by atoms with van der Waals surface area (Å²) in [7, 11) is 0. The molecule has 0 spiro atoms. The van der Waals surface area contributed by atoms with E-state index in [0.29, 0.717) is 28.3 Å². The van der Waals surface area contributed by atoms with Gasteiger partial charge in [0.2, 0.25) is 5.95 Å². The second kappa shape index (κ2) is 5.23. The van der Waals surface area contributed by atoms with E-state index in [2.05, 4.69) is 20.3 Å². The van der Waals surface area contributed by atoms with Gasteiger partial charge in [0.15, 0.2) is 5.15 Å². The van der Waals surface area contributed by atoms with E-state index in [1.807, 2.05) is 6.07 Å². The number of nitrogens with zero attached hydrogens (tertiary/aromatic N) is 4. The molecule has 1 saturated carbocycles. The zero-order valence-electron chi connectivity index (χ0n) is 10.3. The molecule has 2 heterocycles. The van der Waals surface area contributed by atoms with Crippen LogP contribution >= 0.6 is 23.2 Å². The number of rotatable bonds is 3. The van der Waals surface area contributed by atoms with Crippen LogP contribution in [-0.2, 0) is 0 Å². The summed E-state index contributed by atoms with van der Waals surface area (Å²) in [5.74, 6) is 0.423. The van der Waals surface area contributed by atoms with Gasteiger partial charge in [0.1, 0.15) is 11.6 Å². The van der Waals surface area contributed by atoms with Crippen molar-refractivity contribution in [3.05, 3.63) is 34.2 Å². The smallest absolute Gasteiger partial charge is 0.224 e. The lowest BCUT2D eigenvalue weighted by molar-refractivity contribution is 1.05. The lowest BCUT2D eigenvalue weighted by Crippen LogP contribution is -2.07. The molecule has 20 heavy (non-hydrogen) atoms. The summed E-state index contributed by atoms with van der Waals surface area (Å²) in [6.07, 6.45) is 5.29. The molecule has 5 nitrogen and oxygen atoms in total. The topological polar surface area (TPSA) is 74.5 Å². The van der Waals surface area contributed by atoms with Crippen LogP contribution in [-0.4, -0.2) is 21.0 Å². The van der Waals surface area contributed by atoms with E-state index in [9.17, 15) is 5.26 Å². The van der Waals surface area contributed by atoms with Crippen LogP contribution in [0.15, 0.2) is 18.5 Å². The van der Waals surface area contributed by atoms with Crippen LogP contribution in [0, 0.1) is 11.3 Å². The van der Waals surface area contributed by atoms with Gasteiger partial charge in [0.05, 0.1) is 10.7 Å². The Morgan fingerprint density at radius 3 is 2.70 bits per heavy atom. The van der Waals surface area contributed by atoms with E-state index in [4.69, 9.17) is 23.2 Å². The Hall–Kier alpha value is -1.90. The van der Waals surface area contributed by atoms with Crippen molar-refractivity contribution in [2.75, 3.05) is 5.32 Å². The third-order valence-electron chi connectivity index (χ3n) is 2.87. The first-order chi connectivity index (χ1) is 9.67. The number of anilines is 1. The summed E-state index contributed by atoms with van der Waals surface area (Å²) in [4.78, 5) is 12.5. The Kier molecular flexibility index (Phi) is 3.43. The van der Waals surface area contributed by atoms with Crippen molar-refractivity contribution >= 4 is 29.2 Å². The van der Waals surface area contributed by atoms with Crippen LogP contribution < -0.4 is 5.32 Å². The summed E-state index contributed by atoms with van der Waals surface area (Å²) < 4.78 is 0. The van der Waals surface area contributed by atoms with Crippen molar-refractivity contribution < 1.29 is 0 Å². The van der Waals surface area contributed by atoms with Gasteiger partial charge in [-0.25, -0.2) is 4.98 Å². The van der Waals surface area contributed by atoms with Crippen LogP contribution in [0.2, 0.25) is 10.2 Å². The van der Waals surface area contributed by atoms with Crippen LogP contribution in [0.4, 0.5) is 5.95 Å². The first-order valence-corrected chi connectivity index (χ1v) is 6.78. The number of nitrogens with one attached hydrogen (secondary N) is 1. The predicted molar refractivity (Wildman–Crippen MR) is 76.6 cm³/mol. The normalized spacial score (nSPS) is 13.8. The fraction of sp³-hybridized carbons (Fsp3) is 0.231. The highest BCUT2D eigenvalue weighted by Crippen LogP contribution is 2.30. The molecule has 2 aromatic heterocycles. The van der Waals surface area contributed by atoms with Gasteiger partial charge in [-0.2, -0.15) is 10.2 Å². The first-order valence-electron chi connectivity index (χ1n) is 6.02. The molecule has 7 heteroatoms. The zero-order valence-corrected chi connectivity index (χ0v) is 11.8. The number of aromatic nitrogens is 3. The van der Waals surface area contributed by atoms with Crippen LogP contribution in [0.25, 0.3) is 11.3 Å². The number of nitriles is 1. The highest BCUT2D eigenvalue weighted by Gasteiger charge is 2.23. The molecule has 0 aromatic carbocycles. The number of pyridine rings is 1. The maximum Gasteiger partial charge on any atom is 0.224 e. The Morgan fingerprint density at radius 1 is 1.25 bits per heavy atom. The minimum absolute atomic E-state index is 0.126.